The van der Waals surface area contributed by atoms with Gasteiger partial charge in [-0.2, -0.15) is 0 Å². The summed E-state index contributed by atoms with van der Waals surface area (Å²) in [6.45, 7) is 1.13. The van der Waals surface area contributed by atoms with Gasteiger partial charge in [0.15, 0.2) is 0 Å². The maximum Gasteiger partial charge on any atom is 0.306 e. The number of aliphatic carboxylic acids is 1. The molecule has 0 spiro atoms. The molecule has 0 fully saturated rings. The van der Waals surface area contributed by atoms with Gasteiger partial charge in [-0.15, -0.1) is 0 Å². The SMILES string of the molecule is CC(O)(CNC(=O)c1cccnc1Cl)CC(=O)O. The fraction of sp³-hybridized carbons (Fsp3) is 0.364. The van der Waals surface area contributed by atoms with Crippen LogP contribution in [0.3, 0.4) is 0 Å². The number of pyridine rings is 1. The molecule has 1 rings (SSSR count). The molecule has 1 atom stereocenters. The highest BCUT2D eigenvalue weighted by Crippen LogP contribution is 2.12. The van der Waals surface area contributed by atoms with Crippen LogP contribution in [0.25, 0.3) is 0 Å². The quantitative estimate of drug-likeness (QED) is 0.685. The minimum Gasteiger partial charge on any atom is -0.481 e. The van der Waals surface area contributed by atoms with E-state index in [-0.39, 0.29) is 17.3 Å². The third-order valence-electron chi connectivity index (χ3n) is 2.17. The molecule has 1 heterocycles. The first-order chi connectivity index (χ1) is 8.32. The lowest BCUT2D eigenvalue weighted by Gasteiger charge is -2.21. The topological polar surface area (TPSA) is 99.5 Å². The van der Waals surface area contributed by atoms with Gasteiger partial charge in [0.05, 0.1) is 17.6 Å². The van der Waals surface area contributed by atoms with E-state index < -0.39 is 23.9 Å². The molecule has 6 nitrogen and oxygen atoms in total. The van der Waals surface area contributed by atoms with Gasteiger partial charge in [-0.05, 0) is 19.1 Å². The summed E-state index contributed by atoms with van der Waals surface area (Å²) in [6, 6.07) is 3.03. The highest BCUT2D eigenvalue weighted by Gasteiger charge is 2.25. The fourth-order valence-corrected chi connectivity index (χ4v) is 1.51. The van der Waals surface area contributed by atoms with E-state index in [1.807, 2.05) is 0 Å². The molecule has 3 N–H and O–H groups in total. The Morgan fingerprint density at radius 1 is 1.56 bits per heavy atom. The van der Waals surface area contributed by atoms with Gasteiger partial charge in [-0.25, -0.2) is 4.98 Å². The largest absolute Gasteiger partial charge is 0.481 e. The van der Waals surface area contributed by atoms with Crippen LogP contribution in [0.5, 0.6) is 0 Å². The van der Waals surface area contributed by atoms with Crippen LogP contribution < -0.4 is 5.32 Å². The molecule has 7 heteroatoms. The van der Waals surface area contributed by atoms with E-state index >= 15 is 0 Å². The van der Waals surface area contributed by atoms with Crippen molar-refractivity contribution in [2.24, 2.45) is 0 Å². The van der Waals surface area contributed by atoms with Gasteiger partial charge in [0, 0.05) is 12.7 Å². The number of carboxylic acids is 1. The molecule has 0 radical (unpaired) electrons. The Labute approximate surface area is 109 Å². The number of rotatable bonds is 5. The molecular formula is C11H13ClN2O4. The standard InChI is InChI=1S/C11H13ClN2O4/c1-11(18,5-8(15)16)6-14-10(17)7-3-2-4-13-9(7)12/h2-4,18H,5-6H2,1H3,(H,14,17)(H,15,16). The van der Waals surface area contributed by atoms with Crippen LogP contribution in [0.4, 0.5) is 0 Å². The lowest BCUT2D eigenvalue weighted by molar-refractivity contribution is -0.141. The Hall–Kier alpha value is -1.66. The van der Waals surface area contributed by atoms with Crippen molar-refractivity contribution in [2.75, 3.05) is 6.54 Å². The number of nitrogens with zero attached hydrogens (tertiary/aromatic N) is 1. The Kier molecular flexibility index (Phi) is 4.63. The first-order valence-corrected chi connectivity index (χ1v) is 5.52. The average Bonchev–Trinajstić information content (AvgIpc) is 2.25. The third-order valence-corrected chi connectivity index (χ3v) is 2.47. The number of nitrogens with one attached hydrogen (secondary N) is 1. The number of carbonyl (C=O) groups is 2. The number of aliphatic hydroxyl groups is 1. The zero-order valence-corrected chi connectivity index (χ0v) is 10.4. The molecule has 18 heavy (non-hydrogen) atoms. The summed E-state index contributed by atoms with van der Waals surface area (Å²) in [6.07, 6.45) is 0.980. The van der Waals surface area contributed by atoms with Crippen molar-refractivity contribution in [3.05, 3.63) is 29.0 Å². The Morgan fingerprint density at radius 3 is 2.78 bits per heavy atom. The van der Waals surface area contributed by atoms with Gasteiger partial charge < -0.3 is 15.5 Å². The van der Waals surface area contributed by atoms with Gasteiger partial charge in [0.25, 0.3) is 5.91 Å². The molecule has 1 aromatic heterocycles. The number of carbonyl (C=O) groups excluding carboxylic acids is 1. The molecule has 0 saturated carbocycles. The number of hydrogen-bond acceptors (Lipinski definition) is 4. The molecule has 98 valence electrons. The second-order valence-corrected chi connectivity index (χ2v) is 4.45. The van der Waals surface area contributed by atoms with Crippen LogP contribution in [-0.2, 0) is 4.79 Å². The van der Waals surface area contributed by atoms with E-state index in [0.717, 1.165) is 0 Å². The predicted octanol–water partition coefficient (Wildman–Crippen LogP) is 0.691. The fourth-order valence-electron chi connectivity index (χ4n) is 1.31. The van der Waals surface area contributed by atoms with Crippen molar-refractivity contribution in [1.29, 1.82) is 0 Å². The zero-order chi connectivity index (χ0) is 13.8. The van der Waals surface area contributed by atoms with Gasteiger partial charge in [-0.1, -0.05) is 11.6 Å². The van der Waals surface area contributed by atoms with E-state index in [9.17, 15) is 14.7 Å². The minimum absolute atomic E-state index is 0.0490. The van der Waals surface area contributed by atoms with Crippen LogP contribution in [0.2, 0.25) is 5.15 Å². The molecule has 0 aliphatic rings. The van der Waals surface area contributed by atoms with Crippen LogP contribution in [0.1, 0.15) is 23.7 Å². The second kappa shape index (κ2) is 5.79. The summed E-state index contributed by atoms with van der Waals surface area (Å²) in [5.74, 6) is -1.66. The number of halogens is 1. The summed E-state index contributed by atoms with van der Waals surface area (Å²) in [5, 5.41) is 20.7. The van der Waals surface area contributed by atoms with Gasteiger partial charge in [0.2, 0.25) is 0 Å². The molecule has 0 bridgehead atoms. The van der Waals surface area contributed by atoms with Gasteiger partial charge >= 0.3 is 5.97 Å². The number of hydrogen-bond donors (Lipinski definition) is 3. The number of aromatic nitrogens is 1. The molecule has 1 aromatic rings. The van der Waals surface area contributed by atoms with E-state index in [4.69, 9.17) is 16.7 Å². The maximum absolute atomic E-state index is 11.7. The van der Waals surface area contributed by atoms with Crippen LogP contribution >= 0.6 is 11.6 Å². The lowest BCUT2D eigenvalue weighted by Crippen LogP contribution is -2.42. The molecule has 0 saturated heterocycles. The average molecular weight is 273 g/mol. The molecule has 0 aliphatic carbocycles. The van der Waals surface area contributed by atoms with Crippen LogP contribution in [0.15, 0.2) is 18.3 Å². The van der Waals surface area contributed by atoms with Gasteiger partial charge in [0.1, 0.15) is 5.15 Å². The Morgan fingerprint density at radius 2 is 2.22 bits per heavy atom. The third kappa shape index (κ3) is 4.31. The minimum atomic E-state index is -1.52. The summed E-state index contributed by atoms with van der Waals surface area (Å²) in [5.41, 5.74) is -1.35. The Balaban J connectivity index is 2.62. The monoisotopic (exact) mass is 272 g/mol. The molecule has 1 unspecified atom stereocenters. The smallest absolute Gasteiger partial charge is 0.306 e. The maximum atomic E-state index is 11.7. The molecule has 0 aromatic carbocycles. The summed E-state index contributed by atoms with van der Waals surface area (Å²) < 4.78 is 0. The van der Waals surface area contributed by atoms with Crippen molar-refractivity contribution in [3.8, 4) is 0 Å². The zero-order valence-electron chi connectivity index (χ0n) is 9.68. The van der Waals surface area contributed by atoms with E-state index in [0.29, 0.717) is 0 Å². The molecule has 0 aliphatic heterocycles. The van der Waals surface area contributed by atoms with Crippen LogP contribution in [-0.4, -0.2) is 39.2 Å². The van der Waals surface area contributed by atoms with Crippen molar-refractivity contribution in [1.82, 2.24) is 10.3 Å². The first kappa shape index (κ1) is 14.4. The molecule has 1 amide bonds. The van der Waals surface area contributed by atoms with Gasteiger partial charge in [-0.3, -0.25) is 9.59 Å². The summed E-state index contributed by atoms with van der Waals surface area (Å²) in [7, 11) is 0. The highest BCUT2D eigenvalue weighted by atomic mass is 35.5. The van der Waals surface area contributed by atoms with Crippen molar-refractivity contribution in [2.45, 2.75) is 18.9 Å². The van der Waals surface area contributed by atoms with E-state index in [1.54, 1.807) is 6.07 Å². The highest BCUT2D eigenvalue weighted by molar-refractivity contribution is 6.32. The number of amides is 1. The normalized spacial score (nSPS) is 13.7. The van der Waals surface area contributed by atoms with E-state index in [2.05, 4.69) is 10.3 Å². The lowest BCUT2D eigenvalue weighted by atomic mass is 10.0. The summed E-state index contributed by atoms with van der Waals surface area (Å²) in [4.78, 5) is 25.9. The van der Waals surface area contributed by atoms with Crippen LogP contribution in [0, 0.1) is 0 Å². The second-order valence-electron chi connectivity index (χ2n) is 4.09. The molecular weight excluding hydrogens is 260 g/mol. The number of carboxylic acid groups (broad SMARTS) is 1. The van der Waals surface area contributed by atoms with Crippen molar-refractivity contribution >= 4 is 23.5 Å². The van der Waals surface area contributed by atoms with Crippen molar-refractivity contribution in [3.63, 3.8) is 0 Å². The summed E-state index contributed by atoms with van der Waals surface area (Å²) >= 11 is 5.72. The Bertz CT molecular complexity index is 462. The van der Waals surface area contributed by atoms with Crippen molar-refractivity contribution < 1.29 is 19.8 Å². The first-order valence-electron chi connectivity index (χ1n) is 5.15. The van der Waals surface area contributed by atoms with E-state index in [1.165, 1.54) is 19.2 Å². The predicted molar refractivity (Wildman–Crippen MR) is 64.5 cm³/mol.